The van der Waals surface area contributed by atoms with E-state index < -0.39 is 0 Å². The highest BCUT2D eigenvalue weighted by atomic mass is 16.5. The highest BCUT2D eigenvalue weighted by Gasteiger charge is 2.10. The highest BCUT2D eigenvalue weighted by molar-refractivity contribution is 5.18. The number of hydrogen-bond donors (Lipinski definition) is 0. The first kappa shape index (κ1) is 14.7. The summed E-state index contributed by atoms with van der Waals surface area (Å²) >= 11 is 0. The Balaban J connectivity index is 2.29. The average Bonchev–Trinajstić information content (AvgIpc) is 2.42. The molecule has 1 aromatic carbocycles. The van der Waals surface area contributed by atoms with Crippen LogP contribution in [0.5, 0.6) is 0 Å². The monoisotopic (exact) mass is 245 g/mol. The van der Waals surface area contributed by atoms with Gasteiger partial charge in [-0.25, -0.2) is 0 Å². The van der Waals surface area contributed by atoms with Crippen molar-refractivity contribution in [3.8, 4) is 6.07 Å². The van der Waals surface area contributed by atoms with Crippen molar-refractivity contribution < 1.29 is 4.74 Å². The summed E-state index contributed by atoms with van der Waals surface area (Å²) in [5.74, 6) is 0. The summed E-state index contributed by atoms with van der Waals surface area (Å²) in [6, 6.07) is 12.2. The predicted molar refractivity (Wildman–Crippen MR) is 74.1 cm³/mol. The van der Waals surface area contributed by atoms with Crippen molar-refractivity contribution in [2.24, 2.45) is 0 Å². The lowest BCUT2D eigenvalue weighted by Crippen LogP contribution is -2.05. The number of benzene rings is 1. The van der Waals surface area contributed by atoms with Crippen LogP contribution in [0.3, 0.4) is 0 Å². The summed E-state index contributed by atoms with van der Waals surface area (Å²) in [5, 5.41) is 8.84. The minimum Gasteiger partial charge on any atom is -0.372 e. The molecule has 0 radical (unpaired) electrons. The van der Waals surface area contributed by atoms with Crippen LogP contribution < -0.4 is 0 Å². The summed E-state index contributed by atoms with van der Waals surface area (Å²) in [7, 11) is 0. The van der Waals surface area contributed by atoms with Gasteiger partial charge in [-0.15, -0.1) is 0 Å². The number of rotatable bonds is 9. The fourth-order valence-corrected chi connectivity index (χ4v) is 1.95. The molecule has 0 aliphatic carbocycles. The highest BCUT2D eigenvalue weighted by Crippen LogP contribution is 2.21. The van der Waals surface area contributed by atoms with E-state index in [4.69, 9.17) is 10.00 Å². The number of ether oxygens (including phenoxy) is 1. The lowest BCUT2D eigenvalue weighted by atomic mass is 10.1. The third kappa shape index (κ3) is 5.84. The van der Waals surface area contributed by atoms with Crippen molar-refractivity contribution >= 4 is 0 Å². The van der Waals surface area contributed by atoms with E-state index in [1.165, 1.54) is 25.7 Å². The maximum atomic E-state index is 8.84. The zero-order valence-electron chi connectivity index (χ0n) is 11.3. The maximum absolute atomic E-state index is 8.84. The van der Waals surface area contributed by atoms with Crippen molar-refractivity contribution in [1.82, 2.24) is 0 Å². The van der Waals surface area contributed by atoms with Crippen molar-refractivity contribution in [2.75, 3.05) is 6.61 Å². The average molecular weight is 245 g/mol. The minimum absolute atomic E-state index is 0.0672. The summed E-state index contributed by atoms with van der Waals surface area (Å²) < 4.78 is 5.83. The molecule has 1 aromatic rings. The molecule has 0 amide bonds. The zero-order valence-corrected chi connectivity index (χ0v) is 11.3. The van der Waals surface area contributed by atoms with Gasteiger partial charge in [0, 0.05) is 6.61 Å². The van der Waals surface area contributed by atoms with Gasteiger partial charge in [0.15, 0.2) is 0 Å². The SMILES string of the molecule is CCCCCCCOC(CC#N)c1ccccc1. The Kier molecular flexibility index (Phi) is 7.92. The first-order valence-electron chi connectivity index (χ1n) is 6.92. The molecule has 1 atom stereocenters. The third-order valence-electron chi connectivity index (χ3n) is 3.01. The Morgan fingerprint density at radius 2 is 1.83 bits per heavy atom. The predicted octanol–water partition coefficient (Wildman–Crippen LogP) is 4.63. The van der Waals surface area contributed by atoms with Gasteiger partial charge in [-0.1, -0.05) is 62.9 Å². The molecule has 0 heterocycles. The topological polar surface area (TPSA) is 33.0 Å². The second-order valence-corrected chi connectivity index (χ2v) is 4.55. The van der Waals surface area contributed by atoms with Crippen LogP contribution in [0.4, 0.5) is 0 Å². The first-order valence-corrected chi connectivity index (χ1v) is 6.92. The van der Waals surface area contributed by atoms with E-state index in [-0.39, 0.29) is 6.10 Å². The van der Waals surface area contributed by atoms with Crippen molar-refractivity contribution in [3.05, 3.63) is 35.9 Å². The summed E-state index contributed by atoms with van der Waals surface area (Å²) in [6.45, 7) is 2.97. The molecule has 1 rings (SSSR count). The molecule has 0 spiro atoms. The summed E-state index contributed by atoms with van der Waals surface area (Å²) in [5.41, 5.74) is 1.10. The minimum atomic E-state index is -0.0672. The molecule has 1 unspecified atom stereocenters. The summed E-state index contributed by atoms with van der Waals surface area (Å²) in [4.78, 5) is 0. The Bertz CT molecular complexity index is 342. The van der Waals surface area contributed by atoms with E-state index >= 15 is 0 Å². The molecular weight excluding hydrogens is 222 g/mol. The Morgan fingerprint density at radius 1 is 1.11 bits per heavy atom. The standard InChI is InChI=1S/C16H23NO/c1-2-3-4-5-9-14-18-16(12-13-17)15-10-7-6-8-11-15/h6-8,10-11,16H,2-5,9,12,14H2,1H3. The second kappa shape index (κ2) is 9.67. The van der Waals surface area contributed by atoms with E-state index in [9.17, 15) is 0 Å². The summed E-state index contributed by atoms with van der Waals surface area (Å²) in [6.07, 6.45) is 6.54. The zero-order chi connectivity index (χ0) is 13.1. The van der Waals surface area contributed by atoms with Crippen LogP contribution in [0.25, 0.3) is 0 Å². The lowest BCUT2D eigenvalue weighted by Gasteiger charge is -2.15. The van der Waals surface area contributed by atoms with Crippen molar-refractivity contribution in [1.29, 1.82) is 5.26 Å². The molecule has 18 heavy (non-hydrogen) atoms. The number of nitrogens with zero attached hydrogens (tertiary/aromatic N) is 1. The Hall–Kier alpha value is -1.33. The van der Waals surface area contributed by atoms with Gasteiger partial charge in [0.05, 0.1) is 18.6 Å². The van der Waals surface area contributed by atoms with Crippen LogP contribution in [0, 0.1) is 11.3 Å². The molecule has 0 aliphatic rings. The second-order valence-electron chi connectivity index (χ2n) is 4.55. The number of nitriles is 1. The molecule has 0 aliphatic heterocycles. The fourth-order valence-electron chi connectivity index (χ4n) is 1.95. The van der Waals surface area contributed by atoms with Gasteiger partial charge < -0.3 is 4.74 Å². The van der Waals surface area contributed by atoms with Gasteiger partial charge in [0.25, 0.3) is 0 Å². The largest absolute Gasteiger partial charge is 0.372 e. The fraction of sp³-hybridized carbons (Fsp3) is 0.562. The normalized spacial score (nSPS) is 12.0. The molecule has 0 fully saturated rings. The molecule has 2 heteroatoms. The van der Waals surface area contributed by atoms with Crippen LogP contribution in [-0.4, -0.2) is 6.61 Å². The van der Waals surface area contributed by atoms with Gasteiger partial charge in [-0.05, 0) is 12.0 Å². The Morgan fingerprint density at radius 3 is 2.50 bits per heavy atom. The van der Waals surface area contributed by atoms with Crippen LogP contribution in [0.1, 0.15) is 57.1 Å². The van der Waals surface area contributed by atoms with Crippen molar-refractivity contribution in [3.63, 3.8) is 0 Å². The quantitative estimate of drug-likeness (QED) is 0.594. The lowest BCUT2D eigenvalue weighted by molar-refractivity contribution is 0.0530. The molecule has 0 bridgehead atoms. The van der Waals surface area contributed by atoms with E-state index in [2.05, 4.69) is 13.0 Å². The van der Waals surface area contributed by atoms with Crippen LogP contribution in [0.2, 0.25) is 0 Å². The van der Waals surface area contributed by atoms with Crippen LogP contribution >= 0.6 is 0 Å². The molecule has 0 saturated carbocycles. The molecular formula is C16H23NO. The molecule has 2 nitrogen and oxygen atoms in total. The van der Waals surface area contributed by atoms with Gasteiger partial charge in [0.1, 0.15) is 0 Å². The van der Waals surface area contributed by atoms with E-state index in [1.807, 2.05) is 30.3 Å². The number of unbranched alkanes of at least 4 members (excludes halogenated alkanes) is 4. The maximum Gasteiger partial charge on any atom is 0.0954 e. The third-order valence-corrected chi connectivity index (χ3v) is 3.01. The molecule has 0 saturated heterocycles. The van der Waals surface area contributed by atoms with E-state index in [1.54, 1.807) is 0 Å². The van der Waals surface area contributed by atoms with E-state index in [0.29, 0.717) is 6.42 Å². The van der Waals surface area contributed by atoms with Gasteiger partial charge in [-0.2, -0.15) is 5.26 Å². The van der Waals surface area contributed by atoms with Gasteiger partial charge in [-0.3, -0.25) is 0 Å². The molecule has 0 aromatic heterocycles. The Labute approximate surface area is 111 Å². The smallest absolute Gasteiger partial charge is 0.0954 e. The number of hydrogen-bond acceptors (Lipinski definition) is 2. The van der Waals surface area contributed by atoms with Crippen LogP contribution in [-0.2, 0) is 4.74 Å². The molecule has 98 valence electrons. The first-order chi connectivity index (χ1) is 8.88. The molecule has 0 N–H and O–H groups in total. The van der Waals surface area contributed by atoms with Crippen LogP contribution in [0.15, 0.2) is 30.3 Å². The van der Waals surface area contributed by atoms with Gasteiger partial charge >= 0.3 is 0 Å². The van der Waals surface area contributed by atoms with E-state index in [0.717, 1.165) is 18.6 Å². The van der Waals surface area contributed by atoms with Gasteiger partial charge in [0.2, 0.25) is 0 Å². The van der Waals surface area contributed by atoms with Crippen molar-refractivity contribution in [2.45, 2.75) is 51.6 Å².